The molecule has 0 aliphatic carbocycles. The topological polar surface area (TPSA) is 99.6 Å². The molecule has 4 rings (SSSR count). The van der Waals surface area contributed by atoms with E-state index in [4.69, 9.17) is 13.9 Å². The zero-order chi connectivity index (χ0) is 24.6. The van der Waals surface area contributed by atoms with Crippen molar-refractivity contribution in [3.05, 3.63) is 78.3 Å². The molecule has 182 valence electrons. The second-order valence-electron chi connectivity index (χ2n) is 7.78. The molecule has 0 fully saturated rings. The standard InChI is InChI=1S/C26H27N3O5S/c1-3-24(31)18-9-11-21(12-10-18)34-16-20(30)17-35-26-28-27-25(19-6-4-7-22(14-19)32-2)29(26)15-23-8-5-13-33-23/h4-14,20,30H,3,15-17H2,1-2H3. The number of carbonyl (C=O) groups excluding carboxylic acids is 1. The van der Waals surface area contributed by atoms with Gasteiger partial charge in [0.05, 0.1) is 26.0 Å². The summed E-state index contributed by atoms with van der Waals surface area (Å²) in [6, 6.07) is 18.3. The van der Waals surface area contributed by atoms with Gasteiger partial charge in [-0.05, 0) is 48.5 Å². The molecule has 0 spiro atoms. The summed E-state index contributed by atoms with van der Waals surface area (Å²) >= 11 is 1.39. The van der Waals surface area contributed by atoms with Crippen molar-refractivity contribution in [3.63, 3.8) is 0 Å². The van der Waals surface area contributed by atoms with Gasteiger partial charge in [0.1, 0.15) is 23.9 Å². The number of nitrogens with zero attached hydrogens (tertiary/aromatic N) is 3. The van der Waals surface area contributed by atoms with Crippen molar-refractivity contribution in [2.24, 2.45) is 0 Å². The minimum Gasteiger partial charge on any atom is -0.497 e. The minimum absolute atomic E-state index is 0.0833. The van der Waals surface area contributed by atoms with Crippen LogP contribution in [-0.2, 0) is 6.54 Å². The lowest BCUT2D eigenvalue weighted by Crippen LogP contribution is -2.20. The van der Waals surface area contributed by atoms with Gasteiger partial charge in [0.15, 0.2) is 16.8 Å². The molecule has 0 aliphatic rings. The molecule has 0 saturated carbocycles. The number of aliphatic hydroxyl groups is 1. The Bertz CT molecular complexity index is 1240. The summed E-state index contributed by atoms with van der Waals surface area (Å²) in [6.45, 7) is 2.39. The molecule has 0 saturated heterocycles. The number of hydrogen-bond donors (Lipinski definition) is 1. The number of ether oxygens (including phenoxy) is 2. The predicted molar refractivity (Wildman–Crippen MR) is 133 cm³/mol. The van der Waals surface area contributed by atoms with Crippen LogP contribution >= 0.6 is 11.8 Å². The molecule has 0 amide bonds. The molecule has 35 heavy (non-hydrogen) atoms. The SMILES string of the molecule is CCC(=O)c1ccc(OCC(O)CSc2nnc(-c3cccc(OC)c3)n2Cc2ccco2)cc1. The first kappa shape index (κ1) is 24.6. The maximum Gasteiger partial charge on any atom is 0.192 e. The summed E-state index contributed by atoms with van der Waals surface area (Å²) in [5.41, 5.74) is 1.52. The number of carbonyl (C=O) groups is 1. The maximum atomic E-state index is 11.8. The zero-order valence-electron chi connectivity index (χ0n) is 19.6. The van der Waals surface area contributed by atoms with Crippen molar-refractivity contribution in [3.8, 4) is 22.9 Å². The van der Waals surface area contributed by atoms with Gasteiger partial charge in [0.25, 0.3) is 0 Å². The summed E-state index contributed by atoms with van der Waals surface area (Å²) in [4.78, 5) is 11.8. The highest BCUT2D eigenvalue weighted by atomic mass is 32.2. The largest absolute Gasteiger partial charge is 0.497 e. The third-order valence-corrected chi connectivity index (χ3v) is 6.40. The van der Waals surface area contributed by atoms with Crippen LogP contribution < -0.4 is 9.47 Å². The molecule has 0 bridgehead atoms. The van der Waals surface area contributed by atoms with Crippen LogP contribution in [-0.4, -0.2) is 51.2 Å². The van der Waals surface area contributed by atoms with Gasteiger partial charge in [-0.15, -0.1) is 10.2 Å². The van der Waals surface area contributed by atoms with Crippen LogP contribution in [0.1, 0.15) is 29.5 Å². The fourth-order valence-corrected chi connectivity index (χ4v) is 4.27. The lowest BCUT2D eigenvalue weighted by molar-refractivity contribution is 0.0987. The second kappa shape index (κ2) is 11.7. The number of hydrogen-bond acceptors (Lipinski definition) is 8. The second-order valence-corrected chi connectivity index (χ2v) is 8.77. The Morgan fingerprint density at radius 1 is 1.11 bits per heavy atom. The Labute approximate surface area is 207 Å². The van der Waals surface area contributed by atoms with Gasteiger partial charge in [0, 0.05) is 23.3 Å². The molecule has 1 atom stereocenters. The van der Waals surface area contributed by atoms with Gasteiger partial charge >= 0.3 is 0 Å². The molecular weight excluding hydrogens is 466 g/mol. The van der Waals surface area contributed by atoms with Gasteiger partial charge < -0.3 is 19.0 Å². The van der Waals surface area contributed by atoms with Crippen molar-refractivity contribution in [1.29, 1.82) is 0 Å². The Kier molecular flexibility index (Phi) is 8.23. The van der Waals surface area contributed by atoms with Crippen LogP contribution in [0.5, 0.6) is 11.5 Å². The van der Waals surface area contributed by atoms with Crippen LogP contribution in [0.15, 0.2) is 76.5 Å². The number of aromatic nitrogens is 3. The Morgan fingerprint density at radius 2 is 1.94 bits per heavy atom. The van der Waals surface area contributed by atoms with Crippen molar-refractivity contribution < 1.29 is 23.8 Å². The third-order valence-electron chi connectivity index (χ3n) is 5.28. The summed E-state index contributed by atoms with van der Waals surface area (Å²) < 4.78 is 18.5. The number of thioether (sulfide) groups is 1. The maximum absolute atomic E-state index is 11.8. The van der Waals surface area contributed by atoms with E-state index in [0.29, 0.717) is 41.0 Å². The summed E-state index contributed by atoms with van der Waals surface area (Å²) in [7, 11) is 1.62. The van der Waals surface area contributed by atoms with Gasteiger partial charge in [-0.3, -0.25) is 9.36 Å². The molecule has 9 heteroatoms. The van der Waals surface area contributed by atoms with E-state index < -0.39 is 6.10 Å². The van der Waals surface area contributed by atoms with Gasteiger partial charge in [-0.1, -0.05) is 30.8 Å². The van der Waals surface area contributed by atoms with E-state index >= 15 is 0 Å². The van der Waals surface area contributed by atoms with E-state index in [2.05, 4.69) is 10.2 Å². The molecule has 0 radical (unpaired) electrons. The smallest absolute Gasteiger partial charge is 0.192 e. The first-order valence-corrected chi connectivity index (χ1v) is 12.2. The number of ketones is 1. The highest BCUT2D eigenvalue weighted by molar-refractivity contribution is 7.99. The number of aliphatic hydroxyl groups excluding tert-OH is 1. The van der Waals surface area contributed by atoms with Gasteiger partial charge in [-0.2, -0.15) is 0 Å². The summed E-state index contributed by atoms with van der Waals surface area (Å²) in [5.74, 6) is 3.22. The third kappa shape index (κ3) is 6.32. The minimum atomic E-state index is -0.731. The first-order chi connectivity index (χ1) is 17.1. The first-order valence-electron chi connectivity index (χ1n) is 11.2. The molecule has 8 nitrogen and oxygen atoms in total. The molecular formula is C26H27N3O5S. The highest BCUT2D eigenvalue weighted by Crippen LogP contribution is 2.28. The van der Waals surface area contributed by atoms with Crippen LogP contribution in [0.4, 0.5) is 0 Å². The van der Waals surface area contributed by atoms with E-state index in [9.17, 15) is 9.90 Å². The monoisotopic (exact) mass is 493 g/mol. The fraction of sp³-hybridized carbons (Fsp3) is 0.269. The van der Waals surface area contributed by atoms with Crippen molar-refractivity contribution in [2.45, 2.75) is 31.1 Å². The van der Waals surface area contributed by atoms with E-state index in [-0.39, 0.29) is 12.4 Å². The van der Waals surface area contributed by atoms with Gasteiger partial charge in [-0.25, -0.2) is 0 Å². The number of benzene rings is 2. The van der Waals surface area contributed by atoms with Crippen molar-refractivity contribution in [2.75, 3.05) is 19.5 Å². The van der Waals surface area contributed by atoms with Crippen LogP contribution in [0.2, 0.25) is 0 Å². The van der Waals surface area contributed by atoms with E-state index in [1.54, 1.807) is 37.6 Å². The average molecular weight is 494 g/mol. The average Bonchev–Trinajstić information content (AvgIpc) is 3.56. The molecule has 2 aromatic heterocycles. The Hall–Kier alpha value is -3.56. The normalized spacial score (nSPS) is 11.9. The summed E-state index contributed by atoms with van der Waals surface area (Å²) in [6.07, 6.45) is 1.36. The Morgan fingerprint density at radius 3 is 2.66 bits per heavy atom. The van der Waals surface area contributed by atoms with Crippen LogP contribution in [0.3, 0.4) is 0 Å². The fourth-order valence-electron chi connectivity index (χ4n) is 3.42. The van der Waals surface area contributed by atoms with Crippen molar-refractivity contribution >= 4 is 17.5 Å². The molecule has 2 heterocycles. The zero-order valence-corrected chi connectivity index (χ0v) is 20.4. The lowest BCUT2D eigenvalue weighted by Gasteiger charge is -2.13. The van der Waals surface area contributed by atoms with Crippen LogP contribution in [0, 0.1) is 0 Å². The quantitative estimate of drug-likeness (QED) is 0.224. The van der Waals surface area contributed by atoms with E-state index in [0.717, 1.165) is 17.1 Å². The number of methoxy groups -OCH3 is 1. The number of Topliss-reactive ketones (excluding diaryl/α,β-unsaturated/α-hetero) is 1. The Balaban J connectivity index is 1.42. The highest BCUT2D eigenvalue weighted by Gasteiger charge is 2.18. The number of rotatable bonds is 12. The molecule has 2 aromatic carbocycles. The predicted octanol–water partition coefficient (Wildman–Crippen LogP) is 4.72. The summed E-state index contributed by atoms with van der Waals surface area (Å²) in [5, 5.41) is 19.9. The van der Waals surface area contributed by atoms with E-state index in [1.165, 1.54) is 11.8 Å². The molecule has 1 N–H and O–H groups in total. The van der Waals surface area contributed by atoms with E-state index in [1.807, 2.05) is 47.9 Å². The van der Waals surface area contributed by atoms with Crippen LogP contribution in [0.25, 0.3) is 11.4 Å². The lowest BCUT2D eigenvalue weighted by atomic mass is 10.1. The molecule has 1 unspecified atom stereocenters. The van der Waals surface area contributed by atoms with Crippen molar-refractivity contribution in [1.82, 2.24) is 14.8 Å². The molecule has 0 aliphatic heterocycles. The van der Waals surface area contributed by atoms with Gasteiger partial charge in [0.2, 0.25) is 0 Å². The number of furan rings is 1. The molecule has 4 aromatic rings.